The first-order chi connectivity index (χ1) is 8.18. The maximum absolute atomic E-state index is 5.62. The molecule has 1 atom stereocenters. The minimum Gasteiger partial charge on any atom is -0.378 e. The van der Waals surface area contributed by atoms with Crippen LogP contribution in [-0.2, 0) is 11.8 Å². The summed E-state index contributed by atoms with van der Waals surface area (Å²) in [4.78, 5) is 2.49. The quantitative estimate of drug-likeness (QED) is 0.747. The number of nitrogens with zero attached hydrogens (tertiary/aromatic N) is 2. The summed E-state index contributed by atoms with van der Waals surface area (Å²) in [5, 5.41) is 0. The molecule has 0 radical (unpaired) electrons. The van der Waals surface area contributed by atoms with Gasteiger partial charge in [-0.3, -0.25) is 4.90 Å². The lowest BCUT2D eigenvalue weighted by atomic mass is 10.1. The molecule has 2 heterocycles. The summed E-state index contributed by atoms with van der Waals surface area (Å²) in [6.07, 6.45) is 4.39. The Morgan fingerprint density at radius 1 is 1.53 bits per heavy atom. The number of aryl methyl sites for hydroxylation is 1. The van der Waals surface area contributed by atoms with E-state index in [4.69, 9.17) is 4.74 Å². The van der Waals surface area contributed by atoms with Crippen LogP contribution in [0.2, 0.25) is 0 Å². The summed E-state index contributed by atoms with van der Waals surface area (Å²) in [6, 6.07) is 4.68. The SMILES string of the molecule is CC(C)=CCN1CCOC[C@@H]1c1cccn1C. The van der Waals surface area contributed by atoms with Gasteiger partial charge in [-0.1, -0.05) is 11.6 Å². The molecule has 0 bridgehead atoms. The molecule has 1 aromatic rings. The Bertz CT molecular complexity index is 391. The van der Waals surface area contributed by atoms with E-state index in [9.17, 15) is 0 Å². The number of hydrogen-bond donors (Lipinski definition) is 0. The van der Waals surface area contributed by atoms with Crippen LogP contribution in [0.15, 0.2) is 30.0 Å². The summed E-state index contributed by atoms with van der Waals surface area (Å²) >= 11 is 0. The molecule has 2 rings (SSSR count). The highest BCUT2D eigenvalue weighted by Crippen LogP contribution is 2.24. The smallest absolute Gasteiger partial charge is 0.0740 e. The van der Waals surface area contributed by atoms with Crippen molar-refractivity contribution in [3.63, 3.8) is 0 Å². The third-order valence-corrected chi connectivity index (χ3v) is 3.30. The van der Waals surface area contributed by atoms with Crippen molar-refractivity contribution < 1.29 is 4.74 Å². The molecule has 17 heavy (non-hydrogen) atoms. The zero-order valence-electron chi connectivity index (χ0n) is 11.0. The van der Waals surface area contributed by atoms with Gasteiger partial charge in [-0.05, 0) is 26.0 Å². The highest BCUT2D eigenvalue weighted by molar-refractivity contribution is 5.13. The van der Waals surface area contributed by atoms with Crippen molar-refractivity contribution in [1.82, 2.24) is 9.47 Å². The van der Waals surface area contributed by atoms with Gasteiger partial charge in [0.25, 0.3) is 0 Å². The summed E-state index contributed by atoms with van der Waals surface area (Å²) in [5.74, 6) is 0. The molecular weight excluding hydrogens is 212 g/mol. The second-order valence-electron chi connectivity index (χ2n) is 4.91. The lowest BCUT2D eigenvalue weighted by Gasteiger charge is -2.35. The highest BCUT2D eigenvalue weighted by atomic mass is 16.5. The minimum absolute atomic E-state index is 0.388. The fraction of sp³-hybridized carbons (Fsp3) is 0.571. The topological polar surface area (TPSA) is 17.4 Å². The largest absolute Gasteiger partial charge is 0.378 e. The van der Waals surface area contributed by atoms with Gasteiger partial charge >= 0.3 is 0 Å². The van der Waals surface area contributed by atoms with E-state index in [2.05, 4.69) is 54.8 Å². The van der Waals surface area contributed by atoms with Gasteiger partial charge in [0.2, 0.25) is 0 Å². The Balaban J connectivity index is 2.12. The van der Waals surface area contributed by atoms with Crippen LogP contribution in [0.3, 0.4) is 0 Å². The molecule has 0 unspecified atom stereocenters. The van der Waals surface area contributed by atoms with Crippen LogP contribution < -0.4 is 0 Å². The van der Waals surface area contributed by atoms with Crippen molar-refractivity contribution in [3.8, 4) is 0 Å². The van der Waals surface area contributed by atoms with Gasteiger partial charge < -0.3 is 9.30 Å². The molecule has 1 fully saturated rings. The first kappa shape index (κ1) is 12.4. The second-order valence-corrected chi connectivity index (χ2v) is 4.91. The second kappa shape index (κ2) is 5.52. The molecule has 3 nitrogen and oxygen atoms in total. The lowest BCUT2D eigenvalue weighted by Crippen LogP contribution is -2.40. The van der Waals surface area contributed by atoms with E-state index < -0.39 is 0 Å². The van der Waals surface area contributed by atoms with Gasteiger partial charge in [-0.15, -0.1) is 0 Å². The third-order valence-electron chi connectivity index (χ3n) is 3.30. The average molecular weight is 234 g/mol. The van der Waals surface area contributed by atoms with Gasteiger partial charge in [0.1, 0.15) is 0 Å². The molecule has 1 aliphatic rings. The summed E-state index contributed by atoms with van der Waals surface area (Å²) in [7, 11) is 2.10. The van der Waals surface area contributed by atoms with Crippen LogP contribution in [0, 0.1) is 0 Å². The van der Waals surface area contributed by atoms with Crippen molar-refractivity contribution in [2.45, 2.75) is 19.9 Å². The molecule has 0 N–H and O–H groups in total. The highest BCUT2D eigenvalue weighted by Gasteiger charge is 2.25. The predicted octanol–water partition coefficient (Wildman–Crippen LogP) is 2.36. The van der Waals surface area contributed by atoms with Crippen molar-refractivity contribution >= 4 is 0 Å². The zero-order chi connectivity index (χ0) is 12.3. The molecule has 94 valence electrons. The number of morpholine rings is 1. The summed E-state index contributed by atoms with van der Waals surface area (Å²) in [5.41, 5.74) is 2.72. The Labute approximate surface area is 104 Å². The average Bonchev–Trinajstić information content (AvgIpc) is 2.73. The van der Waals surface area contributed by atoms with E-state index in [1.165, 1.54) is 11.3 Å². The van der Waals surface area contributed by atoms with E-state index in [0.29, 0.717) is 6.04 Å². The Kier molecular flexibility index (Phi) is 4.02. The number of hydrogen-bond acceptors (Lipinski definition) is 2. The fourth-order valence-electron chi connectivity index (χ4n) is 2.25. The maximum Gasteiger partial charge on any atom is 0.0740 e. The number of aromatic nitrogens is 1. The Hall–Kier alpha value is -1.06. The number of allylic oxidation sites excluding steroid dienone is 1. The van der Waals surface area contributed by atoms with Crippen LogP contribution in [0.5, 0.6) is 0 Å². The van der Waals surface area contributed by atoms with Gasteiger partial charge in [-0.2, -0.15) is 0 Å². The van der Waals surface area contributed by atoms with Crippen molar-refractivity contribution in [3.05, 3.63) is 35.7 Å². The first-order valence-corrected chi connectivity index (χ1v) is 6.25. The Morgan fingerprint density at radius 2 is 2.35 bits per heavy atom. The van der Waals surface area contributed by atoms with Gasteiger partial charge in [0.15, 0.2) is 0 Å². The molecule has 0 saturated carbocycles. The van der Waals surface area contributed by atoms with E-state index >= 15 is 0 Å². The van der Waals surface area contributed by atoms with Crippen LogP contribution in [-0.4, -0.2) is 35.8 Å². The van der Waals surface area contributed by atoms with E-state index in [1.54, 1.807) is 0 Å². The Morgan fingerprint density at radius 3 is 3.00 bits per heavy atom. The first-order valence-electron chi connectivity index (χ1n) is 6.25. The molecular formula is C14H22N2O. The van der Waals surface area contributed by atoms with Crippen LogP contribution in [0.1, 0.15) is 25.6 Å². The van der Waals surface area contributed by atoms with E-state index in [0.717, 1.165) is 26.3 Å². The zero-order valence-corrected chi connectivity index (χ0v) is 11.0. The molecule has 1 saturated heterocycles. The van der Waals surface area contributed by atoms with Crippen LogP contribution in [0.25, 0.3) is 0 Å². The molecule has 0 aromatic carbocycles. The molecule has 0 amide bonds. The standard InChI is InChI=1S/C14H22N2O/c1-12(2)6-8-16-9-10-17-11-14(16)13-5-4-7-15(13)3/h4-7,14H,8-11H2,1-3H3/t14-/m1/s1. The fourth-order valence-corrected chi connectivity index (χ4v) is 2.25. The maximum atomic E-state index is 5.62. The van der Waals surface area contributed by atoms with Crippen LogP contribution >= 0.6 is 0 Å². The van der Waals surface area contributed by atoms with Crippen molar-refractivity contribution in [2.75, 3.05) is 26.3 Å². The normalized spacial score (nSPS) is 21.5. The monoisotopic (exact) mass is 234 g/mol. The predicted molar refractivity (Wildman–Crippen MR) is 70.0 cm³/mol. The van der Waals surface area contributed by atoms with Gasteiger partial charge in [-0.25, -0.2) is 0 Å². The summed E-state index contributed by atoms with van der Waals surface area (Å²) < 4.78 is 7.81. The van der Waals surface area contributed by atoms with Crippen LogP contribution in [0.4, 0.5) is 0 Å². The lowest BCUT2D eigenvalue weighted by molar-refractivity contribution is -0.00516. The third kappa shape index (κ3) is 2.99. The van der Waals surface area contributed by atoms with Gasteiger partial charge in [0.05, 0.1) is 19.3 Å². The number of rotatable bonds is 3. The molecule has 1 aromatic heterocycles. The summed E-state index contributed by atoms with van der Waals surface area (Å²) in [6.45, 7) is 7.98. The number of ether oxygens (including phenoxy) is 1. The molecule has 3 heteroatoms. The minimum atomic E-state index is 0.388. The van der Waals surface area contributed by atoms with E-state index in [1.807, 2.05) is 0 Å². The van der Waals surface area contributed by atoms with Crippen molar-refractivity contribution in [2.24, 2.45) is 7.05 Å². The molecule has 0 spiro atoms. The van der Waals surface area contributed by atoms with Crippen molar-refractivity contribution in [1.29, 1.82) is 0 Å². The van der Waals surface area contributed by atoms with Gasteiger partial charge in [0, 0.05) is 32.0 Å². The molecule has 0 aliphatic carbocycles. The van der Waals surface area contributed by atoms with E-state index in [-0.39, 0.29) is 0 Å². The molecule has 1 aliphatic heterocycles.